The monoisotopic (exact) mass is 138 g/mol. The van der Waals surface area contributed by atoms with Crippen LogP contribution in [0.2, 0.25) is 0 Å². The lowest BCUT2D eigenvalue weighted by atomic mass is 10.1. The van der Waals surface area contributed by atoms with E-state index in [9.17, 15) is 0 Å². The molecule has 0 amide bonds. The summed E-state index contributed by atoms with van der Waals surface area (Å²) in [6.45, 7) is 2.18. The predicted octanol–water partition coefficient (Wildman–Crippen LogP) is 0.0414. The van der Waals surface area contributed by atoms with Gasteiger partial charge in [-0.05, 0) is 6.92 Å². The van der Waals surface area contributed by atoms with Gasteiger partial charge >= 0.3 is 0 Å². The second kappa shape index (κ2) is 2.70. The van der Waals surface area contributed by atoms with Crippen molar-refractivity contribution in [1.82, 2.24) is 0 Å². The number of rotatable bonds is 1. The maximum atomic E-state index is 7.32. The Kier molecular flexibility index (Phi) is 1.91. The zero-order chi connectivity index (χ0) is 7.56. The molecule has 0 aromatic carbocycles. The Morgan fingerprint density at radius 1 is 1.80 bits per heavy atom. The van der Waals surface area contributed by atoms with Crippen molar-refractivity contribution in [2.45, 2.75) is 6.92 Å². The fourth-order valence-corrected chi connectivity index (χ4v) is 0.727. The molecule has 4 nitrogen and oxygen atoms in total. The SMILES string of the molecule is CC1=NC(=N)C(CN)C=N1. The highest BCUT2D eigenvalue weighted by Crippen LogP contribution is 2.01. The fraction of sp³-hybridized carbons (Fsp3) is 0.500. The number of hydrogen-bond acceptors (Lipinski definition) is 3. The van der Waals surface area contributed by atoms with Crippen LogP contribution in [0.3, 0.4) is 0 Å². The van der Waals surface area contributed by atoms with E-state index in [1.165, 1.54) is 0 Å². The summed E-state index contributed by atoms with van der Waals surface area (Å²) < 4.78 is 0. The van der Waals surface area contributed by atoms with Gasteiger partial charge in [0.1, 0.15) is 11.7 Å². The number of nitrogens with one attached hydrogen (secondary N) is 1. The first-order chi connectivity index (χ1) is 4.74. The number of aliphatic imine (C=N–C) groups is 2. The van der Waals surface area contributed by atoms with Gasteiger partial charge in [0, 0.05) is 12.8 Å². The van der Waals surface area contributed by atoms with Crippen LogP contribution < -0.4 is 5.73 Å². The zero-order valence-corrected chi connectivity index (χ0v) is 5.83. The highest BCUT2D eigenvalue weighted by atomic mass is 15.0. The van der Waals surface area contributed by atoms with Gasteiger partial charge < -0.3 is 5.73 Å². The van der Waals surface area contributed by atoms with E-state index in [1.807, 2.05) is 0 Å². The van der Waals surface area contributed by atoms with Crippen molar-refractivity contribution in [2.75, 3.05) is 6.54 Å². The van der Waals surface area contributed by atoms with E-state index in [-0.39, 0.29) is 5.92 Å². The van der Waals surface area contributed by atoms with E-state index in [0.29, 0.717) is 18.2 Å². The summed E-state index contributed by atoms with van der Waals surface area (Å²) in [5.41, 5.74) is 5.34. The molecule has 0 aromatic heterocycles. The molecule has 0 saturated carbocycles. The van der Waals surface area contributed by atoms with Crippen LogP contribution in [0.15, 0.2) is 9.98 Å². The lowest BCUT2D eigenvalue weighted by molar-refractivity contribution is 0.898. The van der Waals surface area contributed by atoms with E-state index in [4.69, 9.17) is 11.1 Å². The molecule has 4 heteroatoms. The Bertz CT molecular complexity index is 204. The number of nitrogens with two attached hydrogens (primary N) is 1. The molecule has 3 N–H and O–H groups in total. The summed E-state index contributed by atoms with van der Waals surface area (Å²) in [6.07, 6.45) is 1.67. The van der Waals surface area contributed by atoms with Gasteiger partial charge in [0.25, 0.3) is 0 Å². The first kappa shape index (κ1) is 7.08. The van der Waals surface area contributed by atoms with Crippen LogP contribution in [0, 0.1) is 11.3 Å². The topological polar surface area (TPSA) is 74.6 Å². The lowest BCUT2D eigenvalue weighted by Crippen LogP contribution is -2.26. The minimum absolute atomic E-state index is 0.0799. The summed E-state index contributed by atoms with van der Waals surface area (Å²) >= 11 is 0. The smallest absolute Gasteiger partial charge is 0.132 e. The Morgan fingerprint density at radius 2 is 2.50 bits per heavy atom. The van der Waals surface area contributed by atoms with E-state index >= 15 is 0 Å². The third kappa shape index (κ3) is 1.27. The van der Waals surface area contributed by atoms with Crippen LogP contribution in [-0.2, 0) is 0 Å². The van der Waals surface area contributed by atoms with Crippen LogP contribution in [0.4, 0.5) is 0 Å². The van der Waals surface area contributed by atoms with E-state index < -0.39 is 0 Å². The second-order valence-corrected chi connectivity index (χ2v) is 2.16. The summed E-state index contributed by atoms with van der Waals surface area (Å²) in [5.74, 6) is 0.869. The van der Waals surface area contributed by atoms with Crippen molar-refractivity contribution >= 4 is 17.9 Å². The number of hydrogen-bond donors (Lipinski definition) is 2. The van der Waals surface area contributed by atoms with Crippen molar-refractivity contribution in [1.29, 1.82) is 5.41 Å². The highest BCUT2D eigenvalue weighted by Gasteiger charge is 2.12. The minimum atomic E-state index is -0.0799. The van der Waals surface area contributed by atoms with Crippen molar-refractivity contribution < 1.29 is 0 Å². The summed E-state index contributed by atoms with van der Waals surface area (Å²) in [5, 5.41) is 7.32. The average Bonchev–Trinajstić information content (AvgIpc) is 1.88. The van der Waals surface area contributed by atoms with Gasteiger partial charge in [-0.1, -0.05) is 0 Å². The summed E-state index contributed by atoms with van der Waals surface area (Å²) in [7, 11) is 0. The van der Waals surface area contributed by atoms with Gasteiger partial charge in [-0.25, -0.2) is 9.98 Å². The van der Waals surface area contributed by atoms with Crippen molar-refractivity contribution in [3.8, 4) is 0 Å². The second-order valence-electron chi connectivity index (χ2n) is 2.16. The molecule has 1 aliphatic heterocycles. The molecule has 1 heterocycles. The van der Waals surface area contributed by atoms with Gasteiger partial charge in [-0.2, -0.15) is 0 Å². The van der Waals surface area contributed by atoms with Crippen LogP contribution in [0.1, 0.15) is 6.92 Å². The Hall–Kier alpha value is -1.03. The first-order valence-corrected chi connectivity index (χ1v) is 3.12. The van der Waals surface area contributed by atoms with Crippen LogP contribution >= 0.6 is 0 Å². The fourth-order valence-electron chi connectivity index (χ4n) is 0.727. The average molecular weight is 138 g/mol. The normalized spacial score (nSPS) is 24.8. The highest BCUT2D eigenvalue weighted by molar-refractivity contribution is 6.09. The van der Waals surface area contributed by atoms with E-state index in [1.54, 1.807) is 13.1 Å². The zero-order valence-electron chi connectivity index (χ0n) is 5.83. The molecular weight excluding hydrogens is 128 g/mol. The largest absolute Gasteiger partial charge is 0.329 e. The van der Waals surface area contributed by atoms with Crippen molar-refractivity contribution in [3.63, 3.8) is 0 Å². The molecule has 10 heavy (non-hydrogen) atoms. The van der Waals surface area contributed by atoms with Crippen LogP contribution in [0.5, 0.6) is 0 Å². The van der Waals surface area contributed by atoms with Gasteiger partial charge in [0.15, 0.2) is 0 Å². The van der Waals surface area contributed by atoms with Crippen LogP contribution in [-0.4, -0.2) is 24.4 Å². The quantitative estimate of drug-likeness (QED) is 0.527. The molecule has 0 bridgehead atoms. The number of amidine groups is 2. The van der Waals surface area contributed by atoms with Gasteiger partial charge in [0.05, 0.1) is 5.92 Å². The minimum Gasteiger partial charge on any atom is -0.329 e. The molecule has 1 atom stereocenters. The molecule has 0 aromatic rings. The maximum Gasteiger partial charge on any atom is 0.132 e. The molecule has 0 radical (unpaired) electrons. The van der Waals surface area contributed by atoms with Crippen LogP contribution in [0.25, 0.3) is 0 Å². The van der Waals surface area contributed by atoms with Crippen molar-refractivity contribution in [2.24, 2.45) is 21.6 Å². The predicted molar refractivity (Wildman–Crippen MR) is 41.9 cm³/mol. The molecule has 0 fully saturated rings. The standard InChI is InChI=1S/C6H10N4/c1-4-9-3-5(2-7)6(8)10-4/h3,5,8H,2,7H2,1H3. The van der Waals surface area contributed by atoms with E-state index in [2.05, 4.69) is 9.98 Å². The van der Waals surface area contributed by atoms with Gasteiger partial charge in [-0.15, -0.1) is 0 Å². The van der Waals surface area contributed by atoms with E-state index in [0.717, 1.165) is 0 Å². The molecule has 1 aliphatic rings. The van der Waals surface area contributed by atoms with Crippen molar-refractivity contribution in [3.05, 3.63) is 0 Å². The van der Waals surface area contributed by atoms with Gasteiger partial charge in [-0.3, -0.25) is 5.41 Å². The molecule has 1 unspecified atom stereocenters. The summed E-state index contributed by atoms with van der Waals surface area (Å²) in [6, 6.07) is 0. The Balaban J connectivity index is 2.74. The molecule has 54 valence electrons. The third-order valence-electron chi connectivity index (χ3n) is 1.33. The first-order valence-electron chi connectivity index (χ1n) is 3.12. The molecule has 1 rings (SSSR count). The Labute approximate surface area is 59.4 Å². The summed E-state index contributed by atoms with van der Waals surface area (Å²) in [4.78, 5) is 7.79. The molecular formula is C6H10N4. The maximum absolute atomic E-state index is 7.32. The molecule has 0 saturated heterocycles. The third-order valence-corrected chi connectivity index (χ3v) is 1.33. The lowest BCUT2D eigenvalue weighted by Gasteiger charge is -2.10. The van der Waals surface area contributed by atoms with Gasteiger partial charge in [0.2, 0.25) is 0 Å². The number of nitrogens with zero attached hydrogens (tertiary/aromatic N) is 2. The molecule has 0 aliphatic carbocycles. The molecule has 0 spiro atoms. The Morgan fingerprint density at radius 3 is 3.00 bits per heavy atom.